The fraction of sp³-hybridized carbons (Fsp3) is 0.308. The van der Waals surface area contributed by atoms with Crippen molar-refractivity contribution in [3.8, 4) is 0 Å². The first-order valence-corrected chi connectivity index (χ1v) is 5.01. The molecule has 1 aromatic heterocycles. The maximum atomic E-state index is 5.75. The van der Waals surface area contributed by atoms with Crippen LogP contribution < -0.4 is 0 Å². The third-order valence-electron chi connectivity index (χ3n) is 2.52. The Morgan fingerprint density at radius 1 is 1.14 bits per heavy atom. The lowest BCUT2D eigenvalue weighted by molar-refractivity contribution is 0.550. The van der Waals surface area contributed by atoms with E-state index in [1.165, 1.54) is 10.9 Å². The Labute approximate surface area is 84.4 Å². The summed E-state index contributed by atoms with van der Waals surface area (Å²) in [6, 6.07) is 10.4. The molecular weight excluding hydrogens is 172 g/mol. The van der Waals surface area contributed by atoms with Crippen molar-refractivity contribution in [1.29, 1.82) is 0 Å². The van der Waals surface area contributed by atoms with Gasteiger partial charge in [-0.15, -0.1) is 0 Å². The van der Waals surface area contributed by atoms with E-state index in [1.807, 2.05) is 25.1 Å². The van der Waals surface area contributed by atoms with Crippen molar-refractivity contribution in [2.45, 2.75) is 26.7 Å². The summed E-state index contributed by atoms with van der Waals surface area (Å²) >= 11 is 0. The summed E-state index contributed by atoms with van der Waals surface area (Å²) < 4.78 is 5.75. The molecule has 2 aromatic rings. The van der Waals surface area contributed by atoms with Crippen LogP contribution in [0.25, 0.3) is 11.0 Å². The van der Waals surface area contributed by atoms with Gasteiger partial charge in [0.2, 0.25) is 0 Å². The third kappa shape index (κ3) is 1.50. The van der Waals surface area contributed by atoms with Gasteiger partial charge in [0, 0.05) is 6.07 Å². The second-order valence-corrected chi connectivity index (χ2v) is 3.95. The van der Waals surface area contributed by atoms with E-state index in [0.29, 0.717) is 5.92 Å². The average molecular weight is 187 g/mol. The topological polar surface area (TPSA) is 11.3 Å². The standard InChI is InChI=1S/C13H15O/c1-9(2)12-8-11-6-4-5-7-13(11)14-10(12)3/h4-9H,1-3H3/q+1. The molecule has 0 fully saturated rings. The summed E-state index contributed by atoms with van der Waals surface area (Å²) in [4.78, 5) is 0. The van der Waals surface area contributed by atoms with E-state index in [4.69, 9.17) is 4.42 Å². The predicted molar refractivity (Wildman–Crippen MR) is 59.4 cm³/mol. The van der Waals surface area contributed by atoms with Crippen LogP contribution in [-0.4, -0.2) is 0 Å². The zero-order chi connectivity index (χ0) is 10.1. The minimum atomic E-state index is 0.517. The van der Waals surface area contributed by atoms with Crippen LogP contribution in [0.4, 0.5) is 0 Å². The summed E-state index contributed by atoms with van der Waals surface area (Å²) in [6.07, 6.45) is 0. The van der Waals surface area contributed by atoms with Crippen LogP contribution in [-0.2, 0) is 0 Å². The molecule has 0 aliphatic heterocycles. The summed E-state index contributed by atoms with van der Waals surface area (Å²) in [7, 11) is 0. The largest absolute Gasteiger partial charge is 0.360 e. The molecule has 2 rings (SSSR count). The first kappa shape index (κ1) is 9.20. The molecule has 1 nitrogen and oxygen atoms in total. The van der Waals surface area contributed by atoms with Crippen LogP contribution in [0, 0.1) is 6.92 Å². The highest BCUT2D eigenvalue weighted by molar-refractivity contribution is 5.77. The molecule has 0 bridgehead atoms. The zero-order valence-corrected chi connectivity index (χ0v) is 8.87. The first-order chi connectivity index (χ1) is 6.68. The fourth-order valence-electron chi connectivity index (χ4n) is 1.76. The van der Waals surface area contributed by atoms with Crippen LogP contribution in [0.15, 0.2) is 34.7 Å². The number of benzene rings is 1. The van der Waals surface area contributed by atoms with E-state index >= 15 is 0 Å². The molecule has 0 aliphatic carbocycles. The van der Waals surface area contributed by atoms with Crippen LogP contribution in [0.2, 0.25) is 0 Å². The van der Waals surface area contributed by atoms with E-state index < -0.39 is 0 Å². The van der Waals surface area contributed by atoms with Crippen molar-refractivity contribution in [2.24, 2.45) is 0 Å². The Hall–Kier alpha value is -1.37. The Bertz CT molecular complexity index is 458. The van der Waals surface area contributed by atoms with Gasteiger partial charge in [-0.05, 0) is 18.1 Å². The fourth-order valence-corrected chi connectivity index (χ4v) is 1.76. The number of rotatable bonds is 1. The highest BCUT2D eigenvalue weighted by Crippen LogP contribution is 2.24. The number of aryl methyl sites for hydroxylation is 1. The van der Waals surface area contributed by atoms with Gasteiger partial charge < -0.3 is 0 Å². The smallest absolute Gasteiger partial charge is 0.212 e. The van der Waals surface area contributed by atoms with Crippen molar-refractivity contribution in [1.82, 2.24) is 0 Å². The second-order valence-electron chi connectivity index (χ2n) is 3.95. The monoisotopic (exact) mass is 187 g/mol. The summed E-state index contributed by atoms with van der Waals surface area (Å²) in [5.41, 5.74) is 2.26. The lowest BCUT2D eigenvalue weighted by Crippen LogP contribution is -1.91. The predicted octanol–water partition coefficient (Wildman–Crippen LogP) is 4.15. The van der Waals surface area contributed by atoms with E-state index in [9.17, 15) is 0 Å². The third-order valence-corrected chi connectivity index (χ3v) is 2.52. The van der Waals surface area contributed by atoms with Gasteiger partial charge in [-0.2, -0.15) is 0 Å². The Kier molecular flexibility index (Phi) is 2.24. The molecule has 0 spiro atoms. The summed E-state index contributed by atoms with van der Waals surface area (Å²) in [5.74, 6) is 1.54. The van der Waals surface area contributed by atoms with E-state index in [0.717, 1.165) is 11.3 Å². The number of hydrogen-bond donors (Lipinski definition) is 0. The Morgan fingerprint density at radius 2 is 1.86 bits per heavy atom. The molecule has 14 heavy (non-hydrogen) atoms. The molecule has 1 aromatic carbocycles. The SMILES string of the molecule is Cc1[o+]c2ccccc2cc1C(C)C. The normalized spacial score (nSPS) is 11.1. The van der Waals surface area contributed by atoms with Crippen LogP contribution in [0.5, 0.6) is 0 Å². The van der Waals surface area contributed by atoms with E-state index in [1.54, 1.807) is 0 Å². The van der Waals surface area contributed by atoms with Crippen molar-refractivity contribution in [2.75, 3.05) is 0 Å². The molecule has 0 aliphatic rings. The van der Waals surface area contributed by atoms with Crippen LogP contribution >= 0.6 is 0 Å². The molecule has 0 unspecified atom stereocenters. The first-order valence-electron chi connectivity index (χ1n) is 5.01. The van der Waals surface area contributed by atoms with Gasteiger partial charge >= 0.3 is 11.3 Å². The lowest BCUT2D eigenvalue weighted by Gasteiger charge is -2.02. The molecule has 72 valence electrons. The zero-order valence-electron chi connectivity index (χ0n) is 8.87. The molecule has 0 atom stereocenters. The maximum Gasteiger partial charge on any atom is 0.360 e. The van der Waals surface area contributed by atoms with Gasteiger partial charge in [0.25, 0.3) is 0 Å². The lowest BCUT2D eigenvalue weighted by atomic mass is 10.0. The Morgan fingerprint density at radius 3 is 2.57 bits per heavy atom. The molecular formula is C13H15O+. The van der Waals surface area contributed by atoms with Gasteiger partial charge in [0.1, 0.15) is 0 Å². The van der Waals surface area contributed by atoms with Crippen molar-refractivity contribution >= 4 is 11.0 Å². The van der Waals surface area contributed by atoms with Gasteiger partial charge in [0.05, 0.1) is 17.9 Å². The molecule has 0 amide bonds. The molecule has 0 saturated heterocycles. The molecule has 1 heteroatoms. The number of hydrogen-bond acceptors (Lipinski definition) is 0. The van der Waals surface area contributed by atoms with Crippen molar-refractivity contribution in [3.63, 3.8) is 0 Å². The quantitative estimate of drug-likeness (QED) is 0.610. The van der Waals surface area contributed by atoms with E-state index in [2.05, 4.69) is 26.0 Å². The highest BCUT2D eigenvalue weighted by Gasteiger charge is 2.16. The molecule has 0 N–H and O–H groups in total. The number of fused-ring (bicyclic) bond motifs is 1. The van der Waals surface area contributed by atoms with Crippen molar-refractivity contribution in [3.05, 3.63) is 41.7 Å². The number of para-hydroxylation sites is 1. The molecule has 0 saturated carbocycles. The molecule has 0 radical (unpaired) electrons. The van der Waals surface area contributed by atoms with E-state index in [-0.39, 0.29) is 0 Å². The Balaban J connectivity index is 2.71. The van der Waals surface area contributed by atoms with Crippen LogP contribution in [0.1, 0.15) is 31.1 Å². The van der Waals surface area contributed by atoms with Gasteiger partial charge in [-0.3, -0.25) is 0 Å². The van der Waals surface area contributed by atoms with Gasteiger partial charge in [-0.25, -0.2) is 4.42 Å². The second kappa shape index (κ2) is 3.41. The van der Waals surface area contributed by atoms with Crippen LogP contribution in [0.3, 0.4) is 0 Å². The minimum Gasteiger partial charge on any atom is -0.212 e. The van der Waals surface area contributed by atoms with Gasteiger partial charge in [0.15, 0.2) is 0 Å². The van der Waals surface area contributed by atoms with Gasteiger partial charge in [-0.1, -0.05) is 26.0 Å². The average Bonchev–Trinajstić information content (AvgIpc) is 2.16. The maximum absolute atomic E-state index is 5.75. The highest BCUT2D eigenvalue weighted by atomic mass is 16.3. The van der Waals surface area contributed by atoms with Crippen molar-refractivity contribution < 1.29 is 4.42 Å². The summed E-state index contributed by atoms with van der Waals surface area (Å²) in [5, 5.41) is 1.18. The minimum absolute atomic E-state index is 0.517. The summed E-state index contributed by atoms with van der Waals surface area (Å²) in [6.45, 7) is 6.40. The molecule has 1 heterocycles.